The minimum atomic E-state index is -0.328. The molecule has 2 rings (SSSR count). The highest BCUT2D eigenvalue weighted by Crippen LogP contribution is 2.30. The molecule has 0 saturated heterocycles. The first kappa shape index (κ1) is 11.5. The fourth-order valence-corrected chi connectivity index (χ4v) is 2.13. The van der Waals surface area contributed by atoms with Crippen LogP contribution in [0, 0.1) is 13.8 Å². The van der Waals surface area contributed by atoms with E-state index in [1.165, 1.54) is 0 Å². The van der Waals surface area contributed by atoms with Crippen molar-refractivity contribution in [2.24, 2.45) is 0 Å². The van der Waals surface area contributed by atoms with Crippen molar-refractivity contribution in [2.45, 2.75) is 27.3 Å². The lowest BCUT2D eigenvalue weighted by atomic mass is 10.0. The van der Waals surface area contributed by atoms with Gasteiger partial charge in [-0.2, -0.15) is 0 Å². The Labute approximate surface area is 99.3 Å². The molecular formula is C13H16N2O2. The van der Waals surface area contributed by atoms with E-state index in [0.717, 1.165) is 16.6 Å². The van der Waals surface area contributed by atoms with Gasteiger partial charge in [0.25, 0.3) is 5.56 Å². The summed E-state index contributed by atoms with van der Waals surface area (Å²) in [5, 5.41) is 10.6. The van der Waals surface area contributed by atoms with Gasteiger partial charge in [-0.05, 0) is 38.0 Å². The third-order valence-electron chi connectivity index (χ3n) is 3.27. The smallest absolute Gasteiger partial charge is 0.278 e. The monoisotopic (exact) mass is 232 g/mol. The third-order valence-corrected chi connectivity index (χ3v) is 3.27. The van der Waals surface area contributed by atoms with E-state index in [1.807, 2.05) is 26.8 Å². The number of aryl methyl sites for hydroxylation is 3. The van der Waals surface area contributed by atoms with Gasteiger partial charge in [0.2, 0.25) is 0 Å². The molecule has 17 heavy (non-hydrogen) atoms. The minimum Gasteiger partial charge on any atom is -0.505 e. The number of hydrogen-bond acceptors (Lipinski definition) is 3. The van der Waals surface area contributed by atoms with Gasteiger partial charge in [-0.1, -0.05) is 6.07 Å². The molecule has 0 bridgehead atoms. The zero-order chi connectivity index (χ0) is 12.7. The normalized spacial score (nSPS) is 11.0. The van der Waals surface area contributed by atoms with Gasteiger partial charge >= 0.3 is 0 Å². The summed E-state index contributed by atoms with van der Waals surface area (Å²) in [6.07, 6.45) is 0. The maximum atomic E-state index is 12.0. The number of nitrogen functional groups attached to an aromatic ring is 1. The van der Waals surface area contributed by atoms with E-state index < -0.39 is 0 Å². The highest BCUT2D eigenvalue weighted by atomic mass is 16.3. The van der Waals surface area contributed by atoms with Crippen LogP contribution in [0.3, 0.4) is 0 Å². The average molecular weight is 232 g/mol. The van der Waals surface area contributed by atoms with E-state index in [9.17, 15) is 9.90 Å². The molecule has 1 aromatic carbocycles. The molecule has 0 fully saturated rings. The Morgan fingerprint density at radius 3 is 2.59 bits per heavy atom. The molecule has 0 spiro atoms. The van der Waals surface area contributed by atoms with Crippen LogP contribution >= 0.6 is 0 Å². The topological polar surface area (TPSA) is 68.2 Å². The van der Waals surface area contributed by atoms with E-state index >= 15 is 0 Å². The number of rotatable bonds is 1. The Bertz CT molecular complexity index is 657. The minimum absolute atomic E-state index is 0.0809. The van der Waals surface area contributed by atoms with Gasteiger partial charge < -0.3 is 15.4 Å². The number of aromatic nitrogens is 1. The molecule has 2 aromatic rings. The number of anilines is 1. The molecule has 1 heterocycles. The fraction of sp³-hybridized carbons (Fsp3) is 0.308. The lowest BCUT2D eigenvalue weighted by Crippen LogP contribution is -2.23. The van der Waals surface area contributed by atoms with Crippen molar-refractivity contribution in [3.05, 3.63) is 33.6 Å². The SMILES string of the molecule is CCn1c(=O)c(N)c(O)c2ccc(C)c(C)c21. The van der Waals surface area contributed by atoms with Crippen molar-refractivity contribution in [3.63, 3.8) is 0 Å². The summed E-state index contributed by atoms with van der Waals surface area (Å²) in [4.78, 5) is 12.0. The third kappa shape index (κ3) is 1.48. The summed E-state index contributed by atoms with van der Waals surface area (Å²) < 4.78 is 1.60. The molecule has 0 atom stereocenters. The Hall–Kier alpha value is -1.97. The van der Waals surface area contributed by atoms with Crippen LogP contribution in [0.2, 0.25) is 0 Å². The van der Waals surface area contributed by atoms with Crippen LogP contribution in [0.15, 0.2) is 16.9 Å². The van der Waals surface area contributed by atoms with Crippen LogP contribution < -0.4 is 11.3 Å². The molecule has 90 valence electrons. The quantitative estimate of drug-likeness (QED) is 0.789. The summed E-state index contributed by atoms with van der Waals surface area (Å²) >= 11 is 0. The van der Waals surface area contributed by atoms with Gasteiger partial charge in [0, 0.05) is 11.9 Å². The van der Waals surface area contributed by atoms with Crippen LogP contribution in [-0.2, 0) is 6.54 Å². The van der Waals surface area contributed by atoms with Gasteiger partial charge in [-0.3, -0.25) is 4.79 Å². The van der Waals surface area contributed by atoms with Gasteiger partial charge in [0.1, 0.15) is 5.69 Å². The molecule has 0 amide bonds. The van der Waals surface area contributed by atoms with Crippen LogP contribution in [0.5, 0.6) is 5.75 Å². The van der Waals surface area contributed by atoms with Gasteiger partial charge in [0.05, 0.1) is 5.52 Å². The van der Waals surface area contributed by atoms with E-state index in [2.05, 4.69) is 0 Å². The Morgan fingerprint density at radius 1 is 1.35 bits per heavy atom. The van der Waals surface area contributed by atoms with Gasteiger partial charge in [-0.25, -0.2) is 0 Å². The van der Waals surface area contributed by atoms with Crippen LogP contribution in [-0.4, -0.2) is 9.67 Å². The number of nitrogens with zero attached hydrogens (tertiary/aromatic N) is 1. The summed E-state index contributed by atoms with van der Waals surface area (Å²) in [6, 6.07) is 3.72. The molecule has 3 N–H and O–H groups in total. The molecular weight excluding hydrogens is 216 g/mol. The van der Waals surface area contributed by atoms with Crippen LogP contribution in [0.4, 0.5) is 5.69 Å². The lowest BCUT2D eigenvalue weighted by molar-refractivity contribution is 0.482. The zero-order valence-electron chi connectivity index (χ0n) is 10.2. The second kappa shape index (κ2) is 3.80. The van der Waals surface area contributed by atoms with Gasteiger partial charge in [0.15, 0.2) is 5.75 Å². The van der Waals surface area contributed by atoms with Crippen molar-refractivity contribution in [3.8, 4) is 5.75 Å². The molecule has 4 nitrogen and oxygen atoms in total. The van der Waals surface area contributed by atoms with Crippen molar-refractivity contribution in [1.29, 1.82) is 0 Å². The van der Waals surface area contributed by atoms with Crippen molar-refractivity contribution < 1.29 is 5.11 Å². The summed E-state index contributed by atoms with van der Waals surface area (Å²) in [7, 11) is 0. The standard InChI is InChI=1S/C13H16N2O2/c1-4-15-11-8(3)7(2)5-6-9(11)12(16)10(14)13(15)17/h5-6,16H,4,14H2,1-3H3. The molecule has 1 aromatic heterocycles. The summed E-state index contributed by atoms with van der Waals surface area (Å²) in [5.41, 5.74) is 8.07. The number of fused-ring (bicyclic) bond motifs is 1. The van der Waals surface area contributed by atoms with E-state index in [-0.39, 0.29) is 17.0 Å². The highest BCUT2D eigenvalue weighted by molar-refractivity contribution is 5.92. The first-order valence-corrected chi connectivity index (χ1v) is 5.60. The van der Waals surface area contributed by atoms with E-state index in [4.69, 9.17) is 5.73 Å². The largest absolute Gasteiger partial charge is 0.505 e. The second-order valence-electron chi connectivity index (χ2n) is 4.22. The number of hydrogen-bond donors (Lipinski definition) is 2. The van der Waals surface area contributed by atoms with Crippen LogP contribution in [0.25, 0.3) is 10.9 Å². The maximum absolute atomic E-state index is 12.0. The molecule has 0 unspecified atom stereocenters. The summed E-state index contributed by atoms with van der Waals surface area (Å²) in [5.74, 6) is -0.113. The fourth-order valence-electron chi connectivity index (χ4n) is 2.13. The van der Waals surface area contributed by atoms with Gasteiger partial charge in [-0.15, -0.1) is 0 Å². The number of benzene rings is 1. The average Bonchev–Trinajstić information content (AvgIpc) is 2.32. The van der Waals surface area contributed by atoms with E-state index in [1.54, 1.807) is 10.6 Å². The lowest BCUT2D eigenvalue weighted by Gasteiger charge is -2.15. The maximum Gasteiger partial charge on any atom is 0.278 e. The molecule has 0 aliphatic rings. The first-order valence-electron chi connectivity index (χ1n) is 5.60. The second-order valence-corrected chi connectivity index (χ2v) is 4.22. The number of pyridine rings is 1. The van der Waals surface area contributed by atoms with Crippen molar-refractivity contribution in [2.75, 3.05) is 5.73 Å². The van der Waals surface area contributed by atoms with Crippen molar-refractivity contribution in [1.82, 2.24) is 4.57 Å². The zero-order valence-corrected chi connectivity index (χ0v) is 10.2. The Morgan fingerprint density at radius 2 is 2.00 bits per heavy atom. The number of nitrogens with two attached hydrogens (primary N) is 1. The molecule has 0 aliphatic heterocycles. The molecule has 0 aliphatic carbocycles. The molecule has 0 saturated carbocycles. The molecule has 0 radical (unpaired) electrons. The first-order chi connectivity index (χ1) is 7.99. The predicted molar refractivity (Wildman–Crippen MR) is 69.4 cm³/mol. The molecule has 4 heteroatoms. The Balaban J connectivity index is 3.13. The Kier molecular flexibility index (Phi) is 2.58. The summed E-state index contributed by atoms with van der Waals surface area (Å²) in [6.45, 7) is 6.34. The van der Waals surface area contributed by atoms with Crippen LogP contribution in [0.1, 0.15) is 18.1 Å². The predicted octanol–water partition coefficient (Wildman–Crippen LogP) is 1.93. The van der Waals surface area contributed by atoms with E-state index in [0.29, 0.717) is 11.9 Å². The van der Waals surface area contributed by atoms with Crippen molar-refractivity contribution >= 4 is 16.6 Å². The highest BCUT2D eigenvalue weighted by Gasteiger charge is 2.15. The number of aromatic hydroxyl groups is 1.